The Bertz CT molecular complexity index is 490. The van der Waals surface area contributed by atoms with Crippen LogP contribution in [0.2, 0.25) is 0 Å². The molecule has 0 bridgehead atoms. The van der Waals surface area contributed by atoms with Gasteiger partial charge in [-0.2, -0.15) is 0 Å². The smallest absolute Gasteiger partial charge is 0.320 e. The molecular formula is C16H22N2O3. The number of hydrogen-bond acceptors (Lipinski definition) is 3. The van der Waals surface area contributed by atoms with Crippen LogP contribution in [0.15, 0.2) is 30.3 Å². The number of carbonyl (C=O) groups is 2. The number of carboxylic acids is 1. The number of nitrogens with one attached hydrogen (secondary N) is 1. The van der Waals surface area contributed by atoms with E-state index in [1.807, 2.05) is 42.2 Å². The highest BCUT2D eigenvalue weighted by molar-refractivity contribution is 5.92. The summed E-state index contributed by atoms with van der Waals surface area (Å²) in [5, 5.41) is 12.1. The molecule has 0 unspecified atom stereocenters. The van der Waals surface area contributed by atoms with Crippen molar-refractivity contribution >= 4 is 17.6 Å². The Morgan fingerprint density at radius 3 is 2.71 bits per heavy atom. The first-order valence-corrected chi connectivity index (χ1v) is 7.44. The molecular weight excluding hydrogens is 268 g/mol. The number of likely N-dealkylation sites (tertiary alicyclic amines) is 1. The van der Waals surface area contributed by atoms with Gasteiger partial charge in [-0.1, -0.05) is 25.1 Å². The summed E-state index contributed by atoms with van der Waals surface area (Å²) in [6.07, 6.45) is 2.23. The van der Waals surface area contributed by atoms with Gasteiger partial charge in [-0.05, 0) is 37.9 Å². The van der Waals surface area contributed by atoms with Crippen molar-refractivity contribution in [2.75, 3.05) is 18.4 Å². The van der Waals surface area contributed by atoms with E-state index in [1.54, 1.807) is 0 Å². The number of benzene rings is 1. The third-order valence-electron chi connectivity index (χ3n) is 3.98. The molecule has 114 valence electrons. The van der Waals surface area contributed by atoms with E-state index in [-0.39, 0.29) is 11.8 Å². The molecule has 0 saturated carbocycles. The maximum atomic E-state index is 12.3. The molecule has 2 N–H and O–H groups in total. The molecule has 5 heteroatoms. The topological polar surface area (TPSA) is 69.6 Å². The van der Waals surface area contributed by atoms with Crippen LogP contribution in [0, 0.1) is 5.92 Å². The fraction of sp³-hybridized carbons (Fsp3) is 0.500. The van der Waals surface area contributed by atoms with Crippen LogP contribution in [0.5, 0.6) is 0 Å². The van der Waals surface area contributed by atoms with E-state index in [0.29, 0.717) is 13.0 Å². The predicted octanol–water partition coefficient (Wildman–Crippen LogP) is 2.20. The van der Waals surface area contributed by atoms with Crippen molar-refractivity contribution in [2.24, 2.45) is 5.92 Å². The number of anilines is 1. The average Bonchev–Trinajstić information content (AvgIpc) is 2.49. The number of para-hydroxylation sites is 1. The molecule has 1 fully saturated rings. The van der Waals surface area contributed by atoms with Crippen molar-refractivity contribution in [2.45, 2.75) is 32.2 Å². The van der Waals surface area contributed by atoms with Crippen LogP contribution in [-0.2, 0) is 9.59 Å². The average molecular weight is 290 g/mol. The number of carboxylic acid groups (broad SMARTS) is 1. The molecule has 5 nitrogen and oxygen atoms in total. The van der Waals surface area contributed by atoms with Gasteiger partial charge in [-0.25, -0.2) is 0 Å². The first-order valence-electron chi connectivity index (χ1n) is 7.44. The Morgan fingerprint density at radius 2 is 2.10 bits per heavy atom. The molecule has 0 aromatic heterocycles. The fourth-order valence-corrected chi connectivity index (χ4v) is 2.86. The first kappa shape index (κ1) is 15.5. The van der Waals surface area contributed by atoms with Crippen molar-refractivity contribution in [3.63, 3.8) is 0 Å². The number of piperidine rings is 1. The van der Waals surface area contributed by atoms with Crippen molar-refractivity contribution in [3.8, 4) is 0 Å². The van der Waals surface area contributed by atoms with Crippen molar-refractivity contribution < 1.29 is 14.7 Å². The maximum absolute atomic E-state index is 12.3. The molecule has 1 aliphatic rings. The third kappa shape index (κ3) is 4.04. The highest BCUT2D eigenvalue weighted by Crippen LogP contribution is 2.21. The van der Waals surface area contributed by atoms with Gasteiger partial charge in [0.2, 0.25) is 5.91 Å². The van der Waals surface area contributed by atoms with E-state index < -0.39 is 12.0 Å². The van der Waals surface area contributed by atoms with Crippen molar-refractivity contribution in [1.29, 1.82) is 0 Å². The molecule has 0 radical (unpaired) electrons. The Morgan fingerprint density at radius 1 is 1.38 bits per heavy atom. The van der Waals surface area contributed by atoms with Crippen molar-refractivity contribution in [3.05, 3.63) is 30.3 Å². The molecule has 1 saturated heterocycles. The van der Waals surface area contributed by atoms with E-state index in [9.17, 15) is 14.7 Å². The van der Waals surface area contributed by atoms with Crippen LogP contribution in [0.1, 0.15) is 26.2 Å². The zero-order valence-electron chi connectivity index (χ0n) is 12.3. The summed E-state index contributed by atoms with van der Waals surface area (Å²) in [6, 6.07) is 8.87. The van der Waals surface area contributed by atoms with E-state index in [0.717, 1.165) is 25.1 Å². The Kier molecular flexibility index (Phi) is 5.33. The quantitative estimate of drug-likeness (QED) is 0.872. The molecule has 0 aliphatic carbocycles. The van der Waals surface area contributed by atoms with E-state index >= 15 is 0 Å². The summed E-state index contributed by atoms with van der Waals surface area (Å²) in [4.78, 5) is 25.5. The number of nitrogens with zero attached hydrogens (tertiary/aromatic N) is 1. The normalized spacial score (nSPS) is 20.7. The van der Waals surface area contributed by atoms with E-state index in [2.05, 4.69) is 5.32 Å². The van der Waals surface area contributed by atoms with Crippen LogP contribution in [0.3, 0.4) is 0 Å². The lowest BCUT2D eigenvalue weighted by Gasteiger charge is -2.35. The summed E-state index contributed by atoms with van der Waals surface area (Å²) in [6.45, 7) is 3.13. The molecule has 21 heavy (non-hydrogen) atoms. The van der Waals surface area contributed by atoms with Gasteiger partial charge in [0.05, 0.1) is 5.92 Å². The first-order chi connectivity index (χ1) is 10.1. The number of rotatable bonds is 5. The second-order valence-electron chi connectivity index (χ2n) is 5.45. The summed E-state index contributed by atoms with van der Waals surface area (Å²) in [5.74, 6) is -0.972. The zero-order valence-corrected chi connectivity index (χ0v) is 12.3. The number of hydrogen-bond donors (Lipinski definition) is 2. The van der Waals surface area contributed by atoms with Crippen LogP contribution < -0.4 is 5.32 Å². The number of carbonyl (C=O) groups excluding carboxylic acids is 1. The molecule has 0 spiro atoms. The summed E-state index contributed by atoms with van der Waals surface area (Å²) >= 11 is 0. The van der Waals surface area contributed by atoms with E-state index in [4.69, 9.17) is 0 Å². The second-order valence-corrected chi connectivity index (χ2v) is 5.45. The zero-order chi connectivity index (χ0) is 15.2. The second kappa shape index (κ2) is 7.22. The van der Waals surface area contributed by atoms with Crippen LogP contribution in [0.25, 0.3) is 0 Å². The Hall–Kier alpha value is -1.88. The summed E-state index contributed by atoms with van der Waals surface area (Å²) < 4.78 is 0. The van der Waals surface area contributed by atoms with Gasteiger partial charge < -0.3 is 10.4 Å². The van der Waals surface area contributed by atoms with Gasteiger partial charge in [-0.15, -0.1) is 0 Å². The standard InChI is InChI=1S/C16H22N2O3/c1-2-14(16(20)21)18-10-6-7-12(11-18)15(19)17-13-8-4-3-5-9-13/h3-5,8-9,12,14H,2,6-7,10-11H2,1H3,(H,17,19)(H,20,21)/t12-,14-/m0/s1. The molecule has 1 amide bonds. The Balaban J connectivity index is 1.97. The van der Waals surface area contributed by atoms with Gasteiger partial charge in [0.15, 0.2) is 0 Å². The minimum atomic E-state index is -0.804. The highest BCUT2D eigenvalue weighted by atomic mass is 16.4. The molecule has 1 aromatic carbocycles. The number of aliphatic carboxylic acids is 1. The van der Waals surface area contributed by atoms with Gasteiger partial charge in [0.1, 0.15) is 6.04 Å². The highest BCUT2D eigenvalue weighted by Gasteiger charge is 2.32. The minimum Gasteiger partial charge on any atom is -0.480 e. The van der Waals surface area contributed by atoms with Crippen LogP contribution in [-0.4, -0.2) is 41.0 Å². The van der Waals surface area contributed by atoms with Crippen LogP contribution >= 0.6 is 0 Å². The molecule has 1 aromatic rings. The molecule has 1 aliphatic heterocycles. The van der Waals surface area contributed by atoms with Crippen LogP contribution in [0.4, 0.5) is 5.69 Å². The molecule has 2 atom stereocenters. The van der Waals surface area contributed by atoms with Crippen molar-refractivity contribution in [1.82, 2.24) is 4.90 Å². The maximum Gasteiger partial charge on any atom is 0.320 e. The molecule has 1 heterocycles. The summed E-state index contributed by atoms with van der Waals surface area (Å²) in [5.41, 5.74) is 0.782. The van der Waals surface area contributed by atoms with E-state index in [1.165, 1.54) is 0 Å². The SMILES string of the molecule is CC[C@@H](C(=O)O)N1CCC[C@H](C(=O)Nc2ccccc2)C1. The van der Waals surface area contributed by atoms with Gasteiger partial charge >= 0.3 is 5.97 Å². The monoisotopic (exact) mass is 290 g/mol. The number of amides is 1. The van der Waals surface area contributed by atoms with Gasteiger partial charge in [0, 0.05) is 12.2 Å². The largest absolute Gasteiger partial charge is 0.480 e. The third-order valence-corrected chi connectivity index (χ3v) is 3.98. The lowest BCUT2D eigenvalue weighted by molar-refractivity contribution is -0.145. The predicted molar refractivity (Wildman–Crippen MR) is 81.1 cm³/mol. The van der Waals surface area contributed by atoms with Gasteiger partial charge in [0.25, 0.3) is 0 Å². The lowest BCUT2D eigenvalue weighted by atomic mass is 9.95. The van der Waals surface area contributed by atoms with Gasteiger partial charge in [-0.3, -0.25) is 14.5 Å². The molecule has 2 rings (SSSR count). The lowest BCUT2D eigenvalue weighted by Crippen LogP contribution is -2.48. The Labute approximate surface area is 125 Å². The summed E-state index contributed by atoms with van der Waals surface area (Å²) in [7, 11) is 0. The minimum absolute atomic E-state index is 0.0221. The fourth-order valence-electron chi connectivity index (χ4n) is 2.86.